The summed E-state index contributed by atoms with van der Waals surface area (Å²) in [4.78, 5) is 3.03. The molecule has 0 fully saturated rings. The van der Waals surface area contributed by atoms with Crippen molar-refractivity contribution in [2.24, 2.45) is 5.73 Å². The van der Waals surface area contributed by atoms with Gasteiger partial charge in [0.05, 0.1) is 6.04 Å². The fourth-order valence-electron chi connectivity index (χ4n) is 0.803. The number of pyridine rings is 1. The molecule has 0 radical (unpaired) electrons. The van der Waals surface area contributed by atoms with Crippen LogP contribution in [0.2, 0.25) is 0 Å². The monoisotopic (exact) mass is 188 g/mol. The number of hydrogen-bond acceptors (Lipinski definition) is 2. The topological polar surface area (TPSA) is 38.9 Å². The molecular weight excluding hydrogens is 181 g/mol. The van der Waals surface area contributed by atoms with Gasteiger partial charge in [0.2, 0.25) is 5.95 Å². The lowest BCUT2D eigenvalue weighted by Crippen LogP contribution is -2.13. The third-order valence-corrected chi connectivity index (χ3v) is 1.48. The molecule has 1 aromatic heterocycles. The van der Waals surface area contributed by atoms with Gasteiger partial charge < -0.3 is 5.73 Å². The van der Waals surface area contributed by atoms with E-state index in [-0.39, 0.29) is 5.69 Å². The molecule has 0 bridgehead atoms. The van der Waals surface area contributed by atoms with Crippen molar-refractivity contribution in [3.8, 4) is 0 Å². The highest BCUT2D eigenvalue weighted by molar-refractivity contribution is 5.16. The number of nitrogens with two attached hydrogens (primary N) is 1. The minimum atomic E-state index is -1.37. The molecule has 5 heteroatoms. The minimum absolute atomic E-state index is 0.353. The minimum Gasteiger partial charge on any atom is -0.319 e. The number of nitrogens with zero attached hydrogens (tertiary/aromatic N) is 1. The maximum Gasteiger partial charge on any atom is 0.249 e. The molecule has 1 aromatic rings. The Morgan fingerprint density at radius 2 is 2.00 bits per heavy atom. The molecule has 0 aliphatic carbocycles. The van der Waals surface area contributed by atoms with Gasteiger partial charge in [-0.3, -0.25) is 0 Å². The fourth-order valence-corrected chi connectivity index (χ4v) is 0.803. The van der Waals surface area contributed by atoms with Crippen molar-refractivity contribution >= 4 is 0 Å². The highest BCUT2D eigenvalue weighted by Gasteiger charge is 2.14. The van der Waals surface area contributed by atoms with Crippen LogP contribution in [0, 0.1) is 17.6 Å². The van der Waals surface area contributed by atoms with Gasteiger partial charge in [-0.05, 0) is 0 Å². The van der Waals surface area contributed by atoms with E-state index in [1.54, 1.807) is 0 Å². The van der Waals surface area contributed by atoms with Gasteiger partial charge >= 0.3 is 0 Å². The van der Waals surface area contributed by atoms with Crippen LogP contribution >= 0.6 is 0 Å². The van der Waals surface area contributed by atoms with Gasteiger partial charge in [-0.2, -0.15) is 4.39 Å². The van der Waals surface area contributed by atoms with Crippen molar-refractivity contribution in [3.05, 3.63) is 42.0 Å². The van der Waals surface area contributed by atoms with Crippen LogP contribution < -0.4 is 5.73 Å². The van der Waals surface area contributed by atoms with Crippen molar-refractivity contribution in [2.45, 2.75) is 6.04 Å². The van der Waals surface area contributed by atoms with Crippen LogP contribution in [-0.4, -0.2) is 4.98 Å². The van der Waals surface area contributed by atoms with Crippen molar-refractivity contribution in [1.82, 2.24) is 4.98 Å². The SMILES string of the molecule is C=C[C@H](N)c1nc(F)c(F)cc1F. The zero-order chi connectivity index (χ0) is 10.0. The first-order chi connectivity index (χ1) is 6.06. The maximum atomic E-state index is 12.9. The Hall–Kier alpha value is -1.36. The number of hydrogen-bond donors (Lipinski definition) is 1. The quantitative estimate of drug-likeness (QED) is 0.566. The summed E-state index contributed by atoms with van der Waals surface area (Å²) in [5.74, 6) is -3.68. The second-order valence-corrected chi connectivity index (χ2v) is 2.39. The molecule has 70 valence electrons. The van der Waals surface area contributed by atoms with Crippen LogP contribution in [-0.2, 0) is 0 Å². The Morgan fingerprint density at radius 1 is 1.38 bits per heavy atom. The molecule has 0 saturated heterocycles. The number of rotatable bonds is 2. The van der Waals surface area contributed by atoms with Gasteiger partial charge in [0, 0.05) is 6.07 Å². The smallest absolute Gasteiger partial charge is 0.249 e. The summed E-state index contributed by atoms with van der Waals surface area (Å²) in [5.41, 5.74) is 4.95. The van der Waals surface area contributed by atoms with E-state index < -0.39 is 23.6 Å². The van der Waals surface area contributed by atoms with E-state index in [1.807, 2.05) is 0 Å². The Labute approximate surface area is 72.9 Å². The molecule has 0 amide bonds. The highest BCUT2D eigenvalue weighted by atomic mass is 19.2. The van der Waals surface area contributed by atoms with E-state index in [9.17, 15) is 13.2 Å². The second-order valence-electron chi connectivity index (χ2n) is 2.39. The van der Waals surface area contributed by atoms with Crippen LogP contribution in [0.15, 0.2) is 18.7 Å². The van der Waals surface area contributed by atoms with Crippen molar-refractivity contribution in [2.75, 3.05) is 0 Å². The van der Waals surface area contributed by atoms with E-state index in [0.29, 0.717) is 6.07 Å². The average Bonchev–Trinajstić information content (AvgIpc) is 2.10. The molecular formula is C8H7F3N2. The summed E-state index contributed by atoms with van der Waals surface area (Å²) < 4.78 is 37.8. The van der Waals surface area contributed by atoms with E-state index in [4.69, 9.17) is 5.73 Å². The van der Waals surface area contributed by atoms with Crippen LogP contribution in [0.1, 0.15) is 11.7 Å². The number of halogens is 3. The molecule has 0 unspecified atom stereocenters. The molecule has 0 aliphatic heterocycles. The van der Waals surface area contributed by atoms with Gasteiger partial charge in [0.15, 0.2) is 5.82 Å². The molecule has 2 nitrogen and oxygen atoms in total. The zero-order valence-electron chi connectivity index (χ0n) is 6.60. The molecule has 2 N–H and O–H groups in total. The first-order valence-corrected chi connectivity index (χ1v) is 3.46. The highest BCUT2D eigenvalue weighted by Crippen LogP contribution is 2.15. The van der Waals surface area contributed by atoms with Crippen molar-refractivity contribution in [3.63, 3.8) is 0 Å². The lowest BCUT2D eigenvalue weighted by atomic mass is 10.2. The van der Waals surface area contributed by atoms with Gasteiger partial charge in [-0.1, -0.05) is 6.08 Å². The van der Waals surface area contributed by atoms with Crippen LogP contribution in [0.3, 0.4) is 0 Å². The molecule has 1 rings (SSSR count). The van der Waals surface area contributed by atoms with Crippen LogP contribution in [0.25, 0.3) is 0 Å². The molecule has 0 aliphatic rings. The number of aromatic nitrogens is 1. The maximum absolute atomic E-state index is 12.9. The summed E-state index contributed by atoms with van der Waals surface area (Å²) in [6.45, 7) is 3.28. The predicted molar refractivity (Wildman–Crippen MR) is 41.2 cm³/mol. The normalized spacial score (nSPS) is 12.6. The van der Waals surface area contributed by atoms with E-state index >= 15 is 0 Å². The molecule has 0 spiro atoms. The third-order valence-electron chi connectivity index (χ3n) is 1.48. The lowest BCUT2D eigenvalue weighted by Gasteiger charge is -2.06. The van der Waals surface area contributed by atoms with Gasteiger partial charge in [0.1, 0.15) is 11.5 Å². The Bertz CT molecular complexity index is 338. The third kappa shape index (κ3) is 1.86. The van der Waals surface area contributed by atoms with Crippen LogP contribution in [0.4, 0.5) is 13.2 Å². The predicted octanol–water partition coefficient (Wildman–Crippen LogP) is 1.68. The first-order valence-electron chi connectivity index (χ1n) is 3.46. The van der Waals surface area contributed by atoms with Crippen molar-refractivity contribution in [1.29, 1.82) is 0 Å². The Morgan fingerprint density at radius 3 is 2.54 bits per heavy atom. The largest absolute Gasteiger partial charge is 0.319 e. The summed E-state index contributed by atoms with van der Waals surface area (Å²) in [5, 5.41) is 0. The molecule has 0 aromatic carbocycles. The van der Waals surface area contributed by atoms with Crippen molar-refractivity contribution < 1.29 is 13.2 Å². The Kier molecular flexibility index (Phi) is 2.67. The van der Waals surface area contributed by atoms with Crippen LogP contribution in [0.5, 0.6) is 0 Å². The summed E-state index contributed by atoms with van der Waals surface area (Å²) >= 11 is 0. The standard InChI is InChI=1S/C8H7F3N2/c1-2-6(12)7-4(9)3-5(10)8(11)13-7/h2-3,6H,1,12H2/t6-/m0/s1. The molecule has 13 heavy (non-hydrogen) atoms. The van der Waals surface area contributed by atoms with Gasteiger partial charge in [-0.15, -0.1) is 6.58 Å². The lowest BCUT2D eigenvalue weighted by molar-refractivity contribution is 0.453. The fraction of sp³-hybridized carbons (Fsp3) is 0.125. The van der Waals surface area contributed by atoms with E-state index in [0.717, 1.165) is 0 Å². The molecule has 0 saturated carbocycles. The molecule has 1 heterocycles. The zero-order valence-corrected chi connectivity index (χ0v) is 6.60. The second kappa shape index (κ2) is 3.57. The average molecular weight is 188 g/mol. The first kappa shape index (κ1) is 9.73. The summed E-state index contributed by atoms with van der Waals surface area (Å²) in [6, 6.07) is -0.531. The van der Waals surface area contributed by atoms with Gasteiger partial charge in [-0.25, -0.2) is 13.8 Å². The summed E-state index contributed by atoms with van der Waals surface area (Å²) in [7, 11) is 0. The van der Waals surface area contributed by atoms with E-state index in [2.05, 4.69) is 11.6 Å². The summed E-state index contributed by atoms with van der Waals surface area (Å²) in [6.07, 6.45) is 1.18. The van der Waals surface area contributed by atoms with Gasteiger partial charge in [0.25, 0.3) is 0 Å². The molecule has 1 atom stereocenters. The Balaban J connectivity index is 3.22. The van der Waals surface area contributed by atoms with E-state index in [1.165, 1.54) is 6.08 Å².